The van der Waals surface area contributed by atoms with E-state index < -0.39 is 0 Å². The van der Waals surface area contributed by atoms with Crippen LogP contribution in [-0.2, 0) is 6.42 Å². The van der Waals surface area contributed by atoms with Crippen molar-refractivity contribution < 1.29 is 0 Å². The summed E-state index contributed by atoms with van der Waals surface area (Å²) < 4.78 is 1.27. The van der Waals surface area contributed by atoms with Crippen molar-refractivity contribution in [1.82, 2.24) is 0 Å². The molecule has 1 aliphatic carbocycles. The Balaban J connectivity index is 2.39. The number of rotatable bonds is 1. The molecule has 0 bridgehead atoms. The molecule has 1 atom stereocenters. The molecule has 1 aromatic rings. The smallest absolute Gasteiger partial charge is 0.00644 e. The van der Waals surface area contributed by atoms with Crippen molar-refractivity contribution in [2.75, 3.05) is 4.43 Å². The molecule has 1 heteroatoms. The Morgan fingerprint density at radius 1 is 1.36 bits per heavy atom. The highest BCUT2D eigenvalue weighted by Gasteiger charge is 2.19. The van der Waals surface area contributed by atoms with Crippen molar-refractivity contribution in [2.24, 2.45) is 0 Å². The summed E-state index contributed by atoms with van der Waals surface area (Å²) in [5.41, 5.74) is 3.18. The molecular weight excluding hydrogens is 247 g/mol. The summed E-state index contributed by atoms with van der Waals surface area (Å²) in [6, 6.07) is 8.85. The van der Waals surface area contributed by atoms with Gasteiger partial charge < -0.3 is 0 Å². The monoisotopic (exact) mass is 258 g/mol. The van der Waals surface area contributed by atoms with E-state index in [4.69, 9.17) is 0 Å². The van der Waals surface area contributed by atoms with Crippen molar-refractivity contribution in [3.8, 4) is 0 Å². The van der Waals surface area contributed by atoms with Crippen LogP contribution in [0.2, 0.25) is 0 Å². The molecule has 0 radical (unpaired) electrons. The molecule has 2 rings (SSSR count). The molecule has 0 fully saturated rings. The van der Waals surface area contributed by atoms with Gasteiger partial charge in [0.1, 0.15) is 0 Å². The molecular formula is C10H11I. The van der Waals surface area contributed by atoms with Gasteiger partial charge in [-0.15, -0.1) is 0 Å². The first-order chi connectivity index (χ1) is 5.42. The van der Waals surface area contributed by atoms with Gasteiger partial charge in [-0.1, -0.05) is 46.9 Å². The average Bonchev–Trinajstić information content (AvgIpc) is 2.47. The first-order valence-electron chi connectivity index (χ1n) is 4.05. The highest BCUT2D eigenvalue weighted by Crippen LogP contribution is 2.33. The zero-order valence-corrected chi connectivity index (χ0v) is 8.54. The van der Waals surface area contributed by atoms with Crippen LogP contribution >= 0.6 is 22.6 Å². The predicted octanol–water partition coefficient (Wildman–Crippen LogP) is 3.15. The van der Waals surface area contributed by atoms with E-state index in [1.54, 1.807) is 11.1 Å². The summed E-state index contributed by atoms with van der Waals surface area (Å²) >= 11 is 2.49. The van der Waals surface area contributed by atoms with Crippen LogP contribution in [0.3, 0.4) is 0 Å². The maximum Gasteiger partial charge on any atom is 0.00644 e. The lowest BCUT2D eigenvalue weighted by atomic mass is 10.0. The number of alkyl halides is 1. The molecule has 0 aliphatic heterocycles. The fourth-order valence-corrected chi connectivity index (χ4v) is 2.72. The van der Waals surface area contributed by atoms with Gasteiger partial charge in [0, 0.05) is 4.43 Å². The fourth-order valence-electron chi connectivity index (χ4n) is 1.81. The standard InChI is InChI=1S/C10H11I/c11-7-9-6-5-8-3-1-2-4-10(8)9/h1-4,9H,5-7H2. The molecule has 0 nitrogen and oxygen atoms in total. The van der Waals surface area contributed by atoms with Crippen LogP contribution in [0.25, 0.3) is 0 Å². The summed E-state index contributed by atoms with van der Waals surface area (Å²) in [4.78, 5) is 0. The Bertz CT molecular complexity index is 255. The second-order valence-corrected chi connectivity index (χ2v) is 3.97. The third kappa shape index (κ3) is 1.31. The van der Waals surface area contributed by atoms with E-state index in [1.165, 1.54) is 17.3 Å². The van der Waals surface area contributed by atoms with Crippen molar-refractivity contribution in [3.63, 3.8) is 0 Å². The highest BCUT2D eigenvalue weighted by atomic mass is 127. The second-order valence-electron chi connectivity index (χ2n) is 3.09. The van der Waals surface area contributed by atoms with Gasteiger partial charge in [-0.3, -0.25) is 0 Å². The summed E-state index contributed by atoms with van der Waals surface area (Å²) in [6.07, 6.45) is 2.66. The van der Waals surface area contributed by atoms with Crippen LogP contribution in [0.4, 0.5) is 0 Å². The topological polar surface area (TPSA) is 0 Å². The van der Waals surface area contributed by atoms with Gasteiger partial charge in [0.25, 0.3) is 0 Å². The van der Waals surface area contributed by atoms with Gasteiger partial charge >= 0.3 is 0 Å². The largest absolute Gasteiger partial charge is 0.0857 e. The van der Waals surface area contributed by atoms with Crippen LogP contribution in [0.15, 0.2) is 24.3 Å². The van der Waals surface area contributed by atoms with Crippen LogP contribution in [-0.4, -0.2) is 4.43 Å². The van der Waals surface area contributed by atoms with E-state index >= 15 is 0 Å². The lowest BCUT2D eigenvalue weighted by Crippen LogP contribution is -1.92. The Labute approximate surface area is 81.1 Å². The number of hydrogen-bond donors (Lipinski definition) is 0. The van der Waals surface area contributed by atoms with Gasteiger partial charge in [0.2, 0.25) is 0 Å². The molecule has 0 amide bonds. The van der Waals surface area contributed by atoms with Crippen molar-refractivity contribution in [2.45, 2.75) is 18.8 Å². The van der Waals surface area contributed by atoms with Gasteiger partial charge in [0.05, 0.1) is 0 Å². The minimum absolute atomic E-state index is 0.840. The highest BCUT2D eigenvalue weighted by molar-refractivity contribution is 14.1. The molecule has 1 unspecified atom stereocenters. The van der Waals surface area contributed by atoms with Crippen molar-refractivity contribution in [3.05, 3.63) is 35.4 Å². The molecule has 1 aliphatic rings. The Kier molecular flexibility index (Phi) is 2.16. The number of aryl methyl sites for hydroxylation is 1. The summed E-state index contributed by atoms with van der Waals surface area (Å²) in [5.74, 6) is 0.840. The van der Waals surface area contributed by atoms with Crippen LogP contribution in [0.5, 0.6) is 0 Å². The SMILES string of the molecule is ICC1CCc2ccccc21. The maximum atomic E-state index is 2.49. The number of hydrogen-bond acceptors (Lipinski definition) is 0. The van der Waals surface area contributed by atoms with E-state index in [2.05, 4.69) is 46.9 Å². The van der Waals surface area contributed by atoms with Gasteiger partial charge in [-0.2, -0.15) is 0 Å². The summed E-state index contributed by atoms with van der Waals surface area (Å²) in [5, 5.41) is 0. The van der Waals surface area contributed by atoms with Gasteiger partial charge in [-0.25, -0.2) is 0 Å². The van der Waals surface area contributed by atoms with E-state index in [-0.39, 0.29) is 0 Å². The average molecular weight is 258 g/mol. The Morgan fingerprint density at radius 3 is 3.00 bits per heavy atom. The Hall–Kier alpha value is -0.0500. The molecule has 0 saturated carbocycles. The van der Waals surface area contributed by atoms with Crippen LogP contribution < -0.4 is 0 Å². The normalized spacial score (nSPS) is 21.7. The molecule has 11 heavy (non-hydrogen) atoms. The van der Waals surface area contributed by atoms with E-state index in [0.29, 0.717) is 0 Å². The van der Waals surface area contributed by atoms with E-state index in [0.717, 1.165) is 5.92 Å². The maximum absolute atomic E-state index is 2.49. The summed E-state index contributed by atoms with van der Waals surface area (Å²) in [7, 11) is 0. The van der Waals surface area contributed by atoms with Crippen molar-refractivity contribution >= 4 is 22.6 Å². The minimum Gasteiger partial charge on any atom is -0.0857 e. The zero-order valence-electron chi connectivity index (χ0n) is 6.39. The van der Waals surface area contributed by atoms with E-state index in [1.807, 2.05) is 0 Å². The van der Waals surface area contributed by atoms with Crippen molar-refractivity contribution in [1.29, 1.82) is 0 Å². The fraction of sp³-hybridized carbons (Fsp3) is 0.400. The van der Waals surface area contributed by atoms with Crippen LogP contribution in [0, 0.1) is 0 Å². The van der Waals surface area contributed by atoms with Gasteiger partial charge in [0.15, 0.2) is 0 Å². The summed E-state index contributed by atoms with van der Waals surface area (Å²) in [6.45, 7) is 0. The lowest BCUT2D eigenvalue weighted by molar-refractivity contribution is 0.767. The first-order valence-corrected chi connectivity index (χ1v) is 5.58. The number of benzene rings is 1. The molecule has 0 spiro atoms. The molecule has 0 aromatic heterocycles. The van der Waals surface area contributed by atoms with Gasteiger partial charge in [-0.05, 0) is 29.9 Å². The quantitative estimate of drug-likeness (QED) is 0.536. The lowest BCUT2D eigenvalue weighted by Gasteiger charge is -2.05. The molecule has 58 valence electrons. The van der Waals surface area contributed by atoms with E-state index in [9.17, 15) is 0 Å². The molecule has 1 aromatic carbocycles. The zero-order chi connectivity index (χ0) is 7.68. The third-order valence-electron chi connectivity index (χ3n) is 2.44. The molecule has 0 heterocycles. The predicted molar refractivity (Wildman–Crippen MR) is 56.4 cm³/mol. The number of halogens is 1. The molecule has 0 N–H and O–H groups in total. The second kappa shape index (κ2) is 3.13. The number of fused-ring (bicyclic) bond motifs is 1. The Morgan fingerprint density at radius 2 is 2.18 bits per heavy atom. The first kappa shape index (κ1) is 7.59. The molecule has 0 saturated heterocycles. The third-order valence-corrected chi connectivity index (χ3v) is 3.51. The minimum atomic E-state index is 0.840. The van der Waals surface area contributed by atoms with Crippen LogP contribution in [0.1, 0.15) is 23.5 Å².